The van der Waals surface area contributed by atoms with Gasteiger partial charge in [0.05, 0.1) is 12.2 Å². The first-order valence-corrected chi connectivity index (χ1v) is 4.54. The number of nitrogens with two attached hydrogens (primary N) is 1. The summed E-state index contributed by atoms with van der Waals surface area (Å²) in [5.74, 6) is 0. The van der Waals surface area contributed by atoms with Crippen LogP contribution < -0.4 is 5.73 Å². The maximum absolute atomic E-state index is 9.69. The second-order valence-corrected chi connectivity index (χ2v) is 3.29. The maximum Gasteiger partial charge on any atom is 0.0840 e. The number of hydrogen-bond acceptors (Lipinski definition) is 4. The minimum absolute atomic E-state index is 0.199. The molecule has 0 spiro atoms. The number of rotatable bonds is 4. The van der Waals surface area contributed by atoms with Gasteiger partial charge < -0.3 is 15.6 Å². The Kier molecular flexibility index (Phi) is 3.85. The summed E-state index contributed by atoms with van der Waals surface area (Å²) < 4.78 is 5.01. The van der Waals surface area contributed by atoms with Crippen LogP contribution in [0.4, 0.5) is 5.69 Å². The Morgan fingerprint density at radius 1 is 1.64 bits per heavy atom. The molecular weight excluding hydrogens is 180 g/mol. The fraction of sp³-hybridized carbons (Fsp3) is 0.500. The summed E-state index contributed by atoms with van der Waals surface area (Å²) in [6.45, 7) is 1.82. The Balaban J connectivity index is 2.64. The van der Waals surface area contributed by atoms with Gasteiger partial charge in [0.2, 0.25) is 0 Å². The average Bonchev–Trinajstić information content (AvgIpc) is 2.20. The first kappa shape index (κ1) is 10.9. The molecular formula is C10H16N2O2. The van der Waals surface area contributed by atoms with Crippen LogP contribution in [0.15, 0.2) is 18.5 Å². The normalized spacial score (nSPS) is 15.1. The molecule has 4 heteroatoms. The number of ether oxygens (including phenoxy) is 1. The van der Waals surface area contributed by atoms with Gasteiger partial charge in [0, 0.05) is 31.6 Å². The number of methoxy groups -OCH3 is 1. The van der Waals surface area contributed by atoms with Crippen molar-refractivity contribution >= 4 is 5.69 Å². The molecule has 4 nitrogen and oxygen atoms in total. The zero-order chi connectivity index (χ0) is 10.6. The summed E-state index contributed by atoms with van der Waals surface area (Å²) in [4.78, 5) is 3.95. The molecule has 78 valence electrons. The highest BCUT2D eigenvalue weighted by Gasteiger charge is 2.14. The molecule has 1 heterocycles. The Labute approximate surface area is 83.7 Å². The van der Waals surface area contributed by atoms with Gasteiger partial charge in [-0.25, -0.2) is 0 Å². The van der Waals surface area contributed by atoms with E-state index in [0.717, 1.165) is 5.56 Å². The zero-order valence-electron chi connectivity index (χ0n) is 8.47. The second kappa shape index (κ2) is 4.93. The van der Waals surface area contributed by atoms with Crippen molar-refractivity contribution in [3.63, 3.8) is 0 Å². The molecule has 0 radical (unpaired) electrons. The summed E-state index contributed by atoms with van der Waals surface area (Å²) >= 11 is 0. The van der Waals surface area contributed by atoms with Gasteiger partial charge in [0.15, 0.2) is 0 Å². The first-order valence-electron chi connectivity index (χ1n) is 4.54. The van der Waals surface area contributed by atoms with Crippen molar-refractivity contribution in [3.8, 4) is 0 Å². The molecule has 0 amide bonds. The highest BCUT2D eigenvalue weighted by atomic mass is 16.5. The summed E-state index contributed by atoms with van der Waals surface area (Å²) in [5.41, 5.74) is 7.22. The van der Waals surface area contributed by atoms with E-state index in [4.69, 9.17) is 10.5 Å². The molecule has 2 atom stereocenters. The smallest absolute Gasteiger partial charge is 0.0840 e. The lowest BCUT2D eigenvalue weighted by atomic mass is 10.1. The van der Waals surface area contributed by atoms with Crippen molar-refractivity contribution in [2.45, 2.75) is 25.6 Å². The van der Waals surface area contributed by atoms with Crippen molar-refractivity contribution in [2.75, 3.05) is 12.8 Å². The molecule has 0 fully saturated rings. The van der Waals surface area contributed by atoms with Crippen LogP contribution in [0.3, 0.4) is 0 Å². The molecule has 1 rings (SSSR count). The Hall–Kier alpha value is -1.13. The number of pyridine rings is 1. The van der Waals surface area contributed by atoms with E-state index >= 15 is 0 Å². The number of aliphatic hydroxyl groups excluding tert-OH is 1. The van der Waals surface area contributed by atoms with E-state index < -0.39 is 6.10 Å². The summed E-state index contributed by atoms with van der Waals surface area (Å²) in [6.07, 6.45) is 3.02. The summed E-state index contributed by atoms with van der Waals surface area (Å²) in [6, 6.07) is 1.72. The van der Waals surface area contributed by atoms with Crippen LogP contribution in [-0.2, 0) is 11.2 Å². The predicted octanol–water partition coefficient (Wildman–Crippen LogP) is 0.602. The number of hydrogen-bond donors (Lipinski definition) is 2. The molecule has 0 bridgehead atoms. The topological polar surface area (TPSA) is 68.4 Å². The fourth-order valence-electron chi connectivity index (χ4n) is 1.16. The van der Waals surface area contributed by atoms with Crippen LogP contribution in [0.25, 0.3) is 0 Å². The van der Waals surface area contributed by atoms with Crippen LogP contribution in [0, 0.1) is 0 Å². The minimum Gasteiger partial charge on any atom is -0.398 e. The highest BCUT2D eigenvalue weighted by molar-refractivity contribution is 5.44. The number of anilines is 1. The van der Waals surface area contributed by atoms with E-state index in [1.165, 1.54) is 0 Å². The highest BCUT2D eigenvalue weighted by Crippen LogP contribution is 2.13. The fourth-order valence-corrected chi connectivity index (χ4v) is 1.16. The molecule has 0 aliphatic carbocycles. The molecule has 0 saturated heterocycles. The third-order valence-electron chi connectivity index (χ3n) is 2.28. The molecule has 1 aromatic rings. The molecule has 3 N–H and O–H groups in total. The zero-order valence-corrected chi connectivity index (χ0v) is 8.47. The van der Waals surface area contributed by atoms with Crippen LogP contribution in [0.2, 0.25) is 0 Å². The lowest BCUT2D eigenvalue weighted by molar-refractivity contribution is 0.000450. The van der Waals surface area contributed by atoms with Gasteiger partial charge in [-0.05, 0) is 18.6 Å². The Bertz CT molecular complexity index is 291. The molecule has 14 heavy (non-hydrogen) atoms. The first-order chi connectivity index (χ1) is 6.65. The largest absolute Gasteiger partial charge is 0.398 e. The second-order valence-electron chi connectivity index (χ2n) is 3.29. The standard InChI is InChI=1S/C10H16N2O2/c1-7(14-2)10(13)5-8-6-12-4-3-9(8)11/h3-4,6-7,10,13H,5H2,1-2H3,(H2,11,12). The van der Waals surface area contributed by atoms with Crippen LogP contribution in [0.5, 0.6) is 0 Å². The Morgan fingerprint density at radius 2 is 2.36 bits per heavy atom. The van der Waals surface area contributed by atoms with E-state index in [1.54, 1.807) is 25.6 Å². The van der Waals surface area contributed by atoms with Crippen molar-refractivity contribution < 1.29 is 9.84 Å². The van der Waals surface area contributed by atoms with E-state index in [1.807, 2.05) is 6.92 Å². The van der Waals surface area contributed by atoms with Crippen molar-refractivity contribution in [3.05, 3.63) is 24.0 Å². The van der Waals surface area contributed by atoms with E-state index in [2.05, 4.69) is 4.98 Å². The molecule has 2 unspecified atom stereocenters. The maximum atomic E-state index is 9.69. The van der Waals surface area contributed by atoms with E-state index in [-0.39, 0.29) is 6.10 Å². The number of nitrogen functional groups attached to an aromatic ring is 1. The van der Waals surface area contributed by atoms with Crippen molar-refractivity contribution in [1.29, 1.82) is 0 Å². The number of aliphatic hydroxyl groups is 1. The van der Waals surface area contributed by atoms with E-state index in [9.17, 15) is 5.11 Å². The third kappa shape index (κ3) is 2.68. The lowest BCUT2D eigenvalue weighted by Gasteiger charge is -2.17. The SMILES string of the molecule is COC(C)C(O)Cc1cnccc1N. The van der Waals surface area contributed by atoms with Gasteiger partial charge in [-0.1, -0.05) is 0 Å². The van der Waals surface area contributed by atoms with Gasteiger partial charge in [0.1, 0.15) is 0 Å². The molecule has 1 aromatic heterocycles. The Morgan fingerprint density at radius 3 is 2.93 bits per heavy atom. The monoisotopic (exact) mass is 196 g/mol. The average molecular weight is 196 g/mol. The van der Waals surface area contributed by atoms with Crippen molar-refractivity contribution in [1.82, 2.24) is 4.98 Å². The van der Waals surface area contributed by atoms with Gasteiger partial charge in [0.25, 0.3) is 0 Å². The third-order valence-corrected chi connectivity index (χ3v) is 2.28. The van der Waals surface area contributed by atoms with Gasteiger partial charge in [-0.3, -0.25) is 4.98 Å². The summed E-state index contributed by atoms with van der Waals surface area (Å²) in [7, 11) is 1.57. The molecule has 0 saturated carbocycles. The minimum atomic E-state index is -0.550. The number of nitrogens with zero attached hydrogens (tertiary/aromatic N) is 1. The predicted molar refractivity (Wildman–Crippen MR) is 54.8 cm³/mol. The van der Waals surface area contributed by atoms with E-state index in [0.29, 0.717) is 12.1 Å². The van der Waals surface area contributed by atoms with Crippen LogP contribution in [-0.4, -0.2) is 29.4 Å². The van der Waals surface area contributed by atoms with Gasteiger partial charge in [-0.2, -0.15) is 0 Å². The lowest BCUT2D eigenvalue weighted by Crippen LogP contribution is -2.27. The molecule has 0 aromatic carbocycles. The van der Waals surface area contributed by atoms with Crippen molar-refractivity contribution in [2.24, 2.45) is 0 Å². The molecule has 0 aliphatic heterocycles. The van der Waals surface area contributed by atoms with Gasteiger partial charge in [-0.15, -0.1) is 0 Å². The quantitative estimate of drug-likeness (QED) is 0.740. The molecule has 0 aliphatic rings. The van der Waals surface area contributed by atoms with Gasteiger partial charge >= 0.3 is 0 Å². The van der Waals surface area contributed by atoms with Crippen LogP contribution in [0.1, 0.15) is 12.5 Å². The van der Waals surface area contributed by atoms with Crippen LogP contribution >= 0.6 is 0 Å². The summed E-state index contributed by atoms with van der Waals surface area (Å²) in [5, 5.41) is 9.69. The number of aromatic nitrogens is 1.